The van der Waals surface area contributed by atoms with Crippen molar-refractivity contribution in [3.8, 4) is 17.2 Å². The normalized spacial score (nSPS) is 16.5. The van der Waals surface area contributed by atoms with E-state index in [-0.39, 0.29) is 24.0 Å². The van der Waals surface area contributed by atoms with Gasteiger partial charge in [0.25, 0.3) is 11.8 Å². The van der Waals surface area contributed by atoms with E-state index in [1.54, 1.807) is 30.3 Å². The Morgan fingerprint density at radius 1 is 1.11 bits per heavy atom. The van der Waals surface area contributed by atoms with Gasteiger partial charge in [-0.25, -0.2) is 13.2 Å². The van der Waals surface area contributed by atoms with Gasteiger partial charge in [0.05, 0.1) is 23.7 Å². The van der Waals surface area contributed by atoms with E-state index in [2.05, 4.69) is 10.3 Å². The molecule has 10 heteroatoms. The number of aromatic nitrogens is 1. The molecule has 36 heavy (non-hydrogen) atoms. The Balaban J connectivity index is 1.57. The lowest BCUT2D eigenvalue weighted by Crippen LogP contribution is -2.36. The zero-order valence-corrected chi connectivity index (χ0v) is 19.2. The zero-order chi connectivity index (χ0) is 26.0. The third kappa shape index (κ3) is 4.91. The number of nitriles is 1. The standard InChI is InChI=1S/C26H21F3N4O3/c1-31-25(36)19-4-2-16(11-21(19)27)15-3-5-22-20(10-15)18(8-9-32-22)23(34)6-7-24(35)33-14-26(28,29)12-17(33)13-30/h2-5,8-11,17H,6-7,12,14H2,1H3,(H,31,36)/t17-/m0/s1. The fourth-order valence-electron chi connectivity index (χ4n) is 4.28. The van der Waals surface area contributed by atoms with E-state index in [0.717, 1.165) is 4.90 Å². The Morgan fingerprint density at radius 2 is 1.83 bits per heavy atom. The minimum Gasteiger partial charge on any atom is -0.355 e. The quantitative estimate of drug-likeness (QED) is 0.520. The van der Waals surface area contributed by atoms with E-state index in [1.165, 1.54) is 31.4 Å². The van der Waals surface area contributed by atoms with Gasteiger partial charge >= 0.3 is 0 Å². The number of pyridine rings is 1. The lowest BCUT2D eigenvalue weighted by molar-refractivity contribution is -0.132. The Hall–Kier alpha value is -4.26. The van der Waals surface area contributed by atoms with Gasteiger partial charge in [-0.05, 0) is 41.5 Å². The number of ketones is 1. The third-order valence-corrected chi connectivity index (χ3v) is 6.12. The smallest absolute Gasteiger partial charge is 0.268 e. The molecule has 0 spiro atoms. The highest BCUT2D eigenvalue weighted by Gasteiger charge is 2.47. The fourth-order valence-corrected chi connectivity index (χ4v) is 4.28. The molecule has 0 bridgehead atoms. The topological polar surface area (TPSA) is 103 Å². The molecule has 0 aliphatic carbocycles. The summed E-state index contributed by atoms with van der Waals surface area (Å²) >= 11 is 0. The highest BCUT2D eigenvalue weighted by Crippen LogP contribution is 2.32. The number of likely N-dealkylation sites (tertiary alicyclic amines) is 1. The molecular formula is C26H21F3N4O3. The summed E-state index contributed by atoms with van der Waals surface area (Å²) < 4.78 is 41.8. The number of hydrogen-bond acceptors (Lipinski definition) is 5. The van der Waals surface area contributed by atoms with Gasteiger partial charge in [-0.1, -0.05) is 12.1 Å². The number of nitrogens with one attached hydrogen (secondary N) is 1. The van der Waals surface area contributed by atoms with Crippen molar-refractivity contribution < 1.29 is 27.6 Å². The predicted molar refractivity (Wildman–Crippen MR) is 125 cm³/mol. The second kappa shape index (κ2) is 9.77. The van der Waals surface area contributed by atoms with Crippen LogP contribution in [-0.2, 0) is 4.79 Å². The van der Waals surface area contributed by atoms with Crippen molar-refractivity contribution >= 4 is 28.5 Å². The van der Waals surface area contributed by atoms with Crippen LogP contribution in [0.2, 0.25) is 0 Å². The number of alkyl halides is 2. The van der Waals surface area contributed by atoms with Crippen molar-refractivity contribution in [2.75, 3.05) is 13.6 Å². The van der Waals surface area contributed by atoms with E-state index in [4.69, 9.17) is 5.26 Å². The van der Waals surface area contributed by atoms with Crippen LogP contribution in [0, 0.1) is 17.1 Å². The van der Waals surface area contributed by atoms with E-state index in [1.807, 2.05) is 0 Å². The van der Waals surface area contributed by atoms with E-state index in [0.29, 0.717) is 22.0 Å². The Labute approximate surface area is 204 Å². The molecule has 2 aromatic carbocycles. The van der Waals surface area contributed by atoms with E-state index in [9.17, 15) is 27.6 Å². The summed E-state index contributed by atoms with van der Waals surface area (Å²) in [6.07, 6.45) is 0.174. The second-order valence-corrected chi connectivity index (χ2v) is 8.51. The molecule has 4 rings (SSSR count). The molecule has 1 atom stereocenters. The largest absolute Gasteiger partial charge is 0.355 e. The molecule has 1 aliphatic rings. The van der Waals surface area contributed by atoms with Gasteiger partial charge in [0, 0.05) is 43.5 Å². The first-order chi connectivity index (χ1) is 17.1. The summed E-state index contributed by atoms with van der Waals surface area (Å²) in [5, 5.41) is 11.9. The van der Waals surface area contributed by atoms with Crippen LogP contribution in [0.4, 0.5) is 13.2 Å². The molecule has 0 saturated carbocycles. The van der Waals surface area contributed by atoms with Crippen molar-refractivity contribution in [1.82, 2.24) is 15.2 Å². The first kappa shape index (κ1) is 24.9. The molecule has 2 heterocycles. The third-order valence-electron chi connectivity index (χ3n) is 6.12. The maximum absolute atomic E-state index is 14.5. The summed E-state index contributed by atoms with van der Waals surface area (Å²) in [6.45, 7) is -0.838. The molecule has 1 N–H and O–H groups in total. The molecule has 0 radical (unpaired) electrons. The molecule has 3 aromatic rings. The van der Waals surface area contributed by atoms with Gasteiger partial charge in [0.15, 0.2) is 5.78 Å². The Morgan fingerprint density at radius 3 is 2.53 bits per heavy atom. The maximum atomic E-state index is 14.5. The number of benzene rings is 2. The van der Waals surface area contributed by atoms with Crippen molar-refractivity contribution in [2.45, 2.75) is 31.2 Å². The van der Waals surface area contributed by atoms with Crippen LogP contribution >= 0.6 is 0 Å². The number of nitrogens with zero attached hydrogens (tertiary/aromatic N) is 3. The zero-order valence-electron chi connectivity index (χ0n) is 19.2. The van der Waals surface area contributed by atoms with Gasteiger partial charge < -0.3 is 10.2 Å². The summed E-state index contributed by atoms with van der Waals surface area (Å²) in [6, 6.07) is 11.2. The molecular weight excluding hydrogens is 473 g/mol. The van der Waals surface area contributed by atoms with Gasteiger partial charge in [-0.15, -0.1) is 0 Å². The van der Waals surface area contributed by atoms with Gasteiger partial charge in [-0.3, -0.25) is 19.4 Å². The Bertz CT molecular complexity index is 1420. The molecule has 1 aromatic heterocycles. The minimum absolute atomic E-state index is 0.0985. The molecule has 2 amide bonds. The number of carbonyl (C=O) groups is 3. The fraction of sp³-hybridized carbons (Fsp3) is 0.269. The van der Waals surface area contributed by atoms with Crippen LogP contribution in [0.15, 0.2) is 48.7 Å². The summed E-state index contributed by atoms with van der Waals surface area (Å²) in [5.74, 6) is -5.46. The molecule has 1 aliphatic heterocycles. The van der Waals surface area contributed by atoms with Crippen LogP contribution in [-0.4, -0.2) is 53.0 Å². The van der Waals surface area contributed by atoms with Crippen LogP contribution in [0.25, 0.3) is 22.0 Å². The predicted octanol–water partition coefficient (Wildman–Crippen LogP) is 4.12. The first-order valence-corrected chi connectivity index (χ1v) is 11.1. The van der Waals surface area contributed by atoms with Crippen LogP contribution in [0.5, 0.6) is 0 Å². The summed E-state index contributed by atoms with van der Waals surface area (Å²) in [4.78, 5) is 42.3. The number of halogens is 3. The number of carbonyl (C=O) groups excluding carboxylic acids is 3. The van der Waals surface area contributed by atoms with Crippen molar-refractivity contribution in [3.63, 3.8) is 0 Å². The average molecular weight is 494 g/mol. The van der Waals surface area contributed by atoms with Gasteiger partial charge in [-0.2, -0.15) is 5.26 Å². The van der Waals surface area contributed by atoms with Crippen molar-refractivity contribution in [1.29, 1.82) is 5.26 Å². The minimum atomic E-state index is -3.13. The first-order valence-electron chi connectivity index (χ1n) is 11.1. The maximum Gasteiger partial charge on any atom is 0.268 e. The lowest BCUT2D eigenvalue weighted by atomic mass is 9.97. The van der Waals surface area contributed by atoms with Gasteiger partial charge in [0.1, 0.15) is 11.9 Å². The number of rotatable bonds is 6. The van der Waals surface area contributed by atoms with E-state index >= 15 is 0 Å². The second-order valence-electron chi connectivity index (χ2n) is 8.51. The van der Waals surface area contributed by atoms with Gasteiger partial charge in [0.2, 0.25) is 5.91 Å². The number of hydrogen-bond donors (Lipinski definition) is 1. The van der Waals surface area contributed by atoms with Crippen LogP contribution in [0.1, 0.15) is 40.0 Å². The molecule has 184 valence electrons. The molecule has 1 fully saturated rings. The monoisotopic (exact) mass is 494 g/mol. The highest BCUT2D eigenvalue weighted by molar-refractivity contribution is 6.08. The number of fused-ring (bicyclic) bond motifs is 1. The highest BCUT2D eigenvalue weighted by atomic mass is 19.3. The van der Waals surface area contributed by atoms with Crippen LogP contribution < -0.4 is 5.32 Å². The SMILES string of the molecule is CNC(=O)c1ccc(-c2ccc3nccc(C(=O)CCC(=O)N4CC(F)(F)C[C@H]4C#N)c3c2)cc1F. The average Bonchev–Trinajstić information content (AvgIpc) is 3.20. The summed E-state index contributed by atoms with van der Waals surface area (Å²) in [7, 11) is 1.40. The summed E-state index contributed by atoms with van der Waals surface area (Å²) in [5.41, 5.74) is 1.75. The number of amides is 2. The van der Waals surface area contributed by atoms with Crippen molar-refractivity contribution in [3.05, 3.63) is 65.6 Å². The van der Waals surface area contributed by atoms with Crippen LogP contribution in [0.3, 0.4) is 0 Å². The van der Waals surface area contributed by atoms with Crippen molar-refractivity contribution in [2.24, 2.45) is 0 Å². The van der Waals surface area contributed by atoms with E-state index < -0.39 is 48.3 Å². The lowest BCUT2D eigenvalue weighted by Gasteiger charge is -2.18. The molecule has 0 unspecified atom stereocenters. The molecule has 7 nitrogen and oxygen atoms in total. The number of Topliss-reactive ketones (excluding diaryl/α,β-unsaturated/α-hetero) is 1. The molecule has 1 saturated heterocycles. The Kier molecular flexibility index (Phi) is 6.75.